The summed E-state index contributed by atoms with van der Waals surface area (Å²) < 4.78 is 0. The molecule has 0 amide bonds. The van der Waals surface area contributed by atoms with E-state index in [-0.39, 0.29) is 5.41 Å². The molecule has 2 rings (SSSR count). The second kappa shape index (κ2) is 5.96. The Morgan fingerprint density at radius 3 is 2.47 bits per heavy atom. The van der Waals surface area contributed by atoms with Gasteiger partial charge in [-0.15, -0.1) is 0 Å². The van der Waals surface area contributed by atoms with Crippen molar-refractivity contribution in [2.24, 2.45) is 0 Å². The van der Waals surface area contributed by atoms with Crippen LogP contribution in [0.3, 0.4) is 0 Å². The quantitative estimate of drug-likeness (QED) is 0.858. The summed E-state index contributed by atoms with van der Waals surface area (Å²) in [5.74, 6) is 0.471. The molecule has 1 saturated carbocycles. The Hall–Kier alpha value is -1.02. The van der Waals surface area contributed by atoms with Crippen LogP contribution in [0.1, 0.15) is 64.0 Å². The molecule has 0 bridgehead atoms. The third-order valence-corrected chi connectivity index (χ3v) is 4.11. The molecule has 0 heterocycles. The average Bonchev–Trinajstić information content (AvgIpc) is 2.37. The normalized spacial score (nSPS) is 17.6. The van der Waals surface area contributed by atoms with Crippen LogP contribution in [0.4, 0.5) is 0 Å². The molecule has 1 aromatic carbocycles. The second-order valence-corrected chi connectivity index (χ2v) is 6.78. The third kappa shape index (κ3) is 3.73. The number of benzene rings is 1. The van der Waals surface area contributed by atoms with Crippen molar-refractivity contribution in [3.8, 4) is 5.75 Å². The molecule has 2 N–H and O–H groups in total. The highest BCUT2D eigenvalue weighted by Crippen LogP contribution is 2.33. The standard InChI is InChI=1S/C17H27NO/c1-17(2,3)15-11-7-8-13(16(15)19)12-18-14-9-5-4-6-10-14/h7-8,11,14,18-19H,4-6,9-10,12H2,1-3H3. The fourth-order valence-corrected chi connectivity index (χ4v) is 2.90. The van der Waals surface area contributed by atoms with Crippen molar-refractivity contribution in [3.63, 3.8) is 0 Å². The molecule has 2 heteroatoms. The molecule has 1 aliphatic carbocycles. The lowest BCUT2D eigenvalue weighted by atomic mass is 9.85. The van der Waals surface area contributed by atoms with E-state index in [9.17, 15) is 5.11 Å². The molecule has 0 spiro atoms. The van der Waals surface area contributed by atoms with Gasteiger partial charge in [0.25, 0.3) is 0 Å². The molecular weight excluding hydrogens is 234 g/mol. The van der Waals surface area contributed by atoms with Crippen molar-refractivity contribution in [1.29, 1.82) is 0 Å². The lowest BCUT2D eigenvalue weighted by molar-refractivity contribution is 0.367. The molecule has 1 aliphatic rings. The van der Waals surface area contributed by atoms with Gasteiger partial charge in [-0.25, -0.2) is 0 Å². The monoisotopic (exact) mass is 261 g/mol. The van der Waals surface area contributed by atoms with Crippen molar-refractivity contribution in [3.05, 3.63) is 29.3 Å². The Morgan fingerprint density at radius 1 is 1.16 bits per heavy atom. The van der Waals surface area contributed by atoms with Gasteiger partial charge in [-0.1, -0.05) is 58.2 Å². The van der Waals surface area contributed by atoms with Crippen LogP contribution < -0.4 is 5.32 Å². The summed E-state index contributed by atoms with van der Waals surface area (Å²) in [7, 11) is 0. The number of phenolic OH excluding ortho intramolecular Hbond substituents is 1. The first-order valence-electron chi connectivity index (χ1n) is 7.53. The third-order valence-electron chi connectivity index (χ3n) is 4.11. The first-order valence-corrected chi connectivity index (χ1v) is 7.53. The fraction of sp³-hybridized carbons (Fsp3) is 0.647. The molecule has 0 aliphatic heterocycles. The molecule has 0 aromatic heterocycles. The summed E-state index contributed by atoms with van der Waals surface area (Å²) in [6.07, 6.45) is 6.61. The van der Waals surface area contributed by atoms with E-state index in [1.165, 1.54) is 32.1 Å². The topological polar surface area (TPSA) is 32.3 Å². The summed E-state index contributed by atoms with van der Waals surface area (Å²) in [6, 6.07) is 6.74. The molecule has 0 saturated heterocycles. The van der Waals surface area contributed by atoms with Crippen LogP contribution in [0, 0.1) is 0 Å². The van der Waals surface area contributed by atoms with E-state index < -0.39 is 0 Å². The predicted molar refractivity (Wildman–Crippen MR) is 80.5 cm³/mol. The van der Waals surface area contributed by atoms with E-state index in [1.54, 1.807) is 0 Å². The Morgan fingerprint density at radius 2 is 1.84 bits per heavy atom. The molecular formula is C17H27NO. The van der Waals surface area contributed by atoms with Crippen LogP contribution in [0.25, 0.3) is 0 Å². The van der Waals surface area contributed by atoms with E-state index in [0.717, 1.165) is 17.7 Å². The summed E-state index contributed by atoms with van der Waals surface area (Å²) in [4.78, 5) is 0. The molecule has 2 nitrogen and oxygen atoms in total. The number of hydrogen-bond donors (Lipinski definition) is 2. The van der Waals surface area contributed by atoms with Gasteiger partial charge in [-0.3, -0.25) is 0 Å². The molecule has 0 atom stereocenters. The number of phenols is 1. The molecule has 1 aromatic rings. The van der Waals surface area contributed by atoms with Crippen LogP contribution in [-0.2, 0) is 12.0 Å². The van der Waals surface area contributed by atoms with Crippen LogP contribution in [0.5, 0.6) is 5.75 Å². The number of rotatable bonds is 3. The van der Waals surface area contributed by atoms with Gasteiger partial charge in [0.15, 0.2) is 0 Å². The first kappa shape index (κ1) is 14.4. The second-order valence-electron chi connectivity index (χ2n) is 6.78. The number of hydrogen-bond acceptors (Lipinski definition) is 2. The van der Waals surface area contributed by atoms with E-state index in [0.29, 0.717) is 11.8 Å². The minimum atomic E-state index is -0.00900. The van der Waals surface area contributed by atoms with E-state index in [1.807, 2.05) is 12.1 Å². The van der Waals surface area contributed by atoms with Crippen molar-refractivity contribution < 1.29 is 5.11 Å². The zero-order chi connectivity index (χ0) is 13.9. The maximum Gasteiger partial charge on any atom is 0.123 e. The van der Waals surface area contributed by atoms with Gasteiger partial charge in [-0.05, 0) is 23.8 Å². The number of para-hydroxylation sites is 1. The fourth-order valence-electron chi connectivity index (χ4n) is 2.90. The van der Waals surface area contributed by atoms with Gasteiger partial charge in [0.05, 0.1) is 0 Å². The van der Waals surface area contributed by atoms with Gasteiger partial charge in [0.2, 0.25) is 0 Å². The van der Waals surface area contributed by atoms with Gasteiger partial charge in [-0.2, -0.15) is 0 Å². The summed E-state index contributed by atoms with van der Waals surface area (Å²) >= 11 is 0. The van der Waals surface area contributed by atoms with Gasteiger partial charge in [0.1, 0.15) is 5.75 Å². The molecule has 0 unspecified atom stereocenters. The smallest absolute Gasteiger partial charge is 0.123 e. The highest BCUT2D eigenvalue weighted by molar-refractivity contribution is 5.43. The number of nitrogens with one attached hydrogen (secondary N) is 1. The van der Waals surface area contributed by atoms with Crippen molar-refractivity contribution in [1.82, 2.24) is 5.32 Å². The SMILES string of the molecule is CC(C)(C)c1cccc(CNC2CCCCC2)c1O. The zero-order valence-corrected chi connectivity index (χ0v) is 12.5. The van der Waals surface area contributed by atoms with Gasteiger partial charge < -0.3 is 10.4 Å². The highest BCUT2D eigenvalue weighted by Gasteiger charge is 2.20. The molecule has 1 fully saturated rings. The van der Waals surface area contributed by atoms with Crippen molar-refractivity contribution >= 4 is 0 Å². The molecule has 106 valence electrons. The Kier molecular flexibility index (Phi) is 4.51. The van der Waals surface area contributed by atoms with Crippen LogP contribution in [0.2, 0.25) is 0 Å². The largest absolute Gasteiger partial charge is 0.507 e. The van der Waals surface area contributed by atoms with Gasteiger partial charge in [0, 0.05) is 18.2 Å². The minimum Gasteiger partial charge on any atom is -0.507 e. The maximum absolute atomic E-state index is 10.4. The zero-order valence-electron chi connectivity index (χ0n) is 12.5. The molecule has 0 radical (unpaired) electrons. The van der Waals surface area contributed by atoms with Crippen LogP contribution in [-0.4, -0.2) is 11.1 Å². The lowest BCUT2D eigenvalue weighted by Crippen LogP contribution is -2.30. The summed E-state index contributed by atoms with van der Waals surface area (Å²) in [5, 5.41) is 14.0. The van der Waals surface area contributed by atoms with Crippen LogP contribution in [0.15, 0.2) is 18.2 Å². The van der Waals surface area contributed by atoms with Crippen molar-refractivity contribution in [2.45, 2.75) is 70.9 Å². The van der Waals surface area contributed by atoms with Crippen molar-refractivity contribution in [2.75, 3.05) is 0 Å². The molecule has 19 heavy (non-hydrogen) atoms. The van der Waals surface area contributed by atoms with E-state index in [2.05, 4.69) is 32.2 Å². The van der Waals surface area contributed by atoms with Crippen LogP contribution >= 0.6 is 0 Å². The summed E-state index contributed by atoms with van der Waals surface area (Å²) in [5.41, 5.74) is 2.05. The van der Waals surface area contributed by atoms with E-state index in [4.69, 9.17) is 0 Å². The van der Waals surface area contributed by atoms with E-state index >= 15 is 0 Å². The first-order chi connectivity index (χ1) is 8.98. The Balaban J connectivity index is 2.04. The Bertz CT molecular complexity index is 414. The highest BCUT2D eigenvalue weighted by atomic mass is 16.3. The van der Waals surface area contributed by atoms with Gasteiger partial charge >= 0.3 is 0 Å². The summed E-state index contributed by atoms with van der Waals surface area (Å²) in [6.45, 7) is 7.20. The Labute approximate surface area is 117 Å². The lowest BCUT2D eigenvalue weighted by Gasteiger charge is -2.25. The maximum atomic E-state index is 10.4. The number of aromatic hydroxyl groups is 1. The predicted octanol–water partition coefficient (Wildman–Crippen LogP) is 4.11. The average molecular weight is 261 g/mol. The minimum absolute atomic E-state index is 0.00900.